The zero-order valence-electron chi connectivity index (χ0n) is 17.3. The molecule has 0 saturated heterocycles. The van der Waals surface area contributed by atoms with Gasteiger partial charge in [-0.25, -0.2) is 8.78 Å². The van der Waals surface area contributed by atoms with Crippen LogP contribution in [0.5, 0.6) is 5.75 Å². The van der Waals surface area contributed by atoms with Gasteiger partial charge in [0.25, 0.3) is 5.91 Å². The predicted molar refractivity (Wildman–Crippen MR) is 115 cm³/mol. The number of nitrogens with one attached hydrogen (secondary N) is 1. The molecule has 0 aliphatic carbocycles. The summed E-state index contributed by atoms with van der Waals surface area (Å²) in [7, 11) is 0. The third-order valence-electron chi connectivity index (χ3n) is 5.00. The molecular weight excluding hydrogens is 400 g/mol. The first-order chi connectivity index (χ1) is 14.9. The maximum atomic E-state index is 13.4. The van der Waals surface area contributed by atoms with Crippen molar-refractivity contribution in [3.05, 3.63) is 101 Å². The summed E-state index contributed by atoms with van der Waals surface area (Å²) in [6, 6.07) is 17.8. The van der Waals surface area contributed by atoms with Crippen LogP contribution in [0, 0.1) is 18.6 Å². The van der Waals surface area contributed by atoms with Gasteiger partial charge < -0.3 is 15.2 Å². The second-order valence-corrected chi connectivity index (χ2v) is 7.35. The quantitative estimate of drug-likeness (QED) is 0.497. The standard InChI is InChI=1S/C25H25F2NO3/c1-18-4-14-23(15-5-18)31-17-3-2-16-28-24(29)25(30,19-6-10-21(26)11-7-19)20-8-12-22(27)13-9-20/h4-15,30H,2-3,16-17H2,1H3,(H,28,29). The van der Waals surface area contributed by atoms with E-state index in [2.05, 4.69) is 5.32 Å². The van der Waals surface area contributed by atoms with E-state index in [0.29, 0.717) is 26.0 Å². The summed E-state index contributed by atoms with van der Waals surface area (Å²) in [6.45, 7) is 2.82. The second-order valence-electron chi connectivity index (χ2n) is 7.35. The normalized spacial score (nSPS) is 11.2. The largest absolute Gasteiger partial charge is 0.494 e. The molecule has 0 atom stereocenters. The van der Waals surface area contributed by atoms with Crippen molar-refractivity contribution in [3.8, 4) is 5.75 Å². The molecule has 4 nitrogen and oxygen atoms in total. The summed E-state index contributed by atoms with van der Waals surface area (Å²) in [5, 5.41) is 14.0. The van der Waals surface area contributed by atoms with Crippen LogP contribution in [0.1, 0.15) is 29.5 Å². The third kappa shape index (κ3) is 5.67. The minimum atomic E-state index is -2.07. The fourth-order valence-electron chi connectivity index (χ4n) is 3.19. The van der Waals surface area contributed by atoms with Gasteiger partial charge in [-0.3, -0.25) is 4.79 Å². The van der Waals surface area contributed by atoms with Crippen LogP contribution < -0.4 is 10.1 Å². The van der Waals surface area contributed by atoms with Gasteiger partial charge in [-0.15, -0.1) is 0 Å². The molecule has 1 amide bonds. The summed E-state index contributed by atoms with van der Waals surface area (Å²) in [6.07, 6.45) is 1.35. The highest BCUT2D eigenvalue weighted by molar-refractivity contribution is 5.90. The van der Waals surface area contributed by atoms with E-state index in [-0.39, 0.29) is 11.1 Å². The van der Waals surface area contributed by atoms with Gasteiger partial charge in [0.15, 0.2) is 5.60 Å². The Morgan fingerprint density at radius 3 is 1.90 bits per heavy atom. The number of carbonyl (C=O) groups excluding carboxylic acids is 1. The first-order valence-corrected chi connectivity index (χ1v) is 10.1. The van der Waals surface area contributed by atoms with Gasteiger partial charge in [0, 0.05) is 6.54 Å². The van der Waals surface area contributed by atoms with Crippen molar-refractivity contribution in [2.24, 2.45) is 0 Å². The van der Waals surface area contributed by atoms with E-state index >= 15 is 0 Å². The molecule has 0 spiro atoms. The number of rotatable bonds is 9. The summed E-state index contributed by atoms with van der Waals surface area (Å²) in [4.78, 5) is 12.9. The van der Waals surface area contributed by atoms with Gasteiger partial charge in [-0.1, -0.05) is 42.0 Å². The topological polar surface area (TPSA) is 58.6 Å². The Kier molecular flexibility index (Phi) is 7.36. The van der Waals surface area contributed by atoms with Crippen molar-refractivity contribution < 1.29 is 23.4 Å². The van der Waals surface area contributed by atoms with E-state index in [4.69, 9.17) is 4.74 Å². The van der Waals surface area contributed by atoms with Crippen LogP contribution in [-0.2, 0) is 10.4 Å². The lowest BCUT2D eigenvalue weighted by Gasteiger charge is -2.28. The molecule has 31 heavy (non-hydrogen) atoms. The fourth-order valence-corrected chi connectivity index (χ4v) is 3.19. The van der Waals surface area contributed by atoms with Crippen LogP contribution in [0.2, 0.25) is 0 Å². The lowest BCUT2D eigenvalue weighted by molar-refractivity contribution is -0.136. The maximum absolute atomic E-state index is 13.4. The summed E-state index contributed by atoms with van der Waals surface area (Å²) in [5.41, 5.74) is -0.522. The summed E-state index contributed by atoms with van der Waals surface area (Å²) < 4.78 is 32.4. The molecular formula is C25H25F2NO3. The van der Waals surface area contributed by atoms with Crippen LogP contribution in [0.25, 0.3) is 0 Å². The molecule has 0 heterocycles. The highest BCUT2D eigenvalue weighted by Gasteiger charge is 2.39. The molecule has 0 fully saturated rings. The number of unbranched alkanes of at least 4 members (excludes halogenated alkanes) is 1. The Morgan fingerprint density at radius 1 is 0.871 bits per heavy atom. The van der Waals surface area contributed by atoms with Crippen LogP contribution >= 0.6 is 0 Å². The molecule has 3 rings (SSSR count). The van der Waals surface area contributed by atoms with Crippen LogP contribution in [0.15, 0.2) is 72.8 Å². The number of aliphatic hydroxyl groups is 1. The lowest BCUT2D eigenvalue weighted by Crippen LogP contribution is -2.45. The van der Waals surface area contributed by atoms with Gasteiger partial charge in [0.05, 0.1) is 6.61 Å². The molecule has 162 valence electrons. The molecule has 0 radical (unpaired) electrons. The van der Waals surface area contributed by atoms with Crippen molar-refractivity contribution >= 4 is 5.91 Å². The molecule has 0 bridgehead atoms. The van der Waals surface area contributed by atoms with Gasteiger partial charge in [-0.05, 0) is 67.3 Å². The number of hydrogen-bond donors (Lipinski definition) is 2. The lowest BCUT2D eigenvalue weighted by atomic mass is 9.85. The first kappa shape index (κ1) is 22.4. The van der Waals surface area contributed by atoms with Gasteiger partial charge >= 0.3 is 0 Å². The van der Waals surface area contributed by atoms with Gasteiger partial charge in [-0.2, -0.15) is 0 Å². The smallest absolute Gasteiger partial charge is 0.261 e. The highest BCUT2D eigenvalue weighted by Crippen LogP contribution is 2.30. The number of hydrogen-bond acceptors (Lipinski definition) is 3. The minimum Gasteiger partial charge on any atom is -0.494 e. The van der Waals surface area contributed by atoms with Crippen molar-refractivity contribution in [2.45, 2.75) is 25.4 Å². The summed E-state index contributed by atoms with van der Waals surface area (Å²) >= 11 is 0. The Labute approximate surface area is 180 Å². The first-order valence-electron chi connectivity index (χ1n) is 10.1. The average Bonchev–Trinajstić information content (AvgIpc) is 2.77. The van der Waals surface area contributed by atoms with Gasteiger partial charge in [0.1, 0.15) is 17.4 Å². The molecule has 0 saturated carbocycles. The molecule has 0 aromatic heterocycles. The fraction of sp³-hybridized carbons (Fsp3) is 0.240. The van der Waals surface area contributed by atoms with Crippen LogP contribution in [0.4, 0.5) is 8.78 Å². The predicted octanol–water partition coefficient (Wildman–Crippen LogP) is 4.48. The number of halogens is 2. The molecule has 6 heteroatoms. The molecule has 0 aliphatic heterocycles. The van der Waals surface area contributed by atoms with E-state index in [1.54, 1.807) is 0 Å². The Balaban J connectivity index is 1.60. The van der Waals surface area contributed by atoms with Gasteiger partial charge in [0.2, 0.25) is 0 Å². The molecule has 2 N–H and O–H groups in total. The number of aryl methyl sites for hydroxylation is 1. The van der Waals surface area contributed by atoms with E-state index in [1.807, 2.05) is 31.2 Å². The SMILES string of the molecule is Cc1ccc(OCCCCNC(=O)C(O)(c2ccc(F)cc2)c2ccc(F)cc2)cc1. The van der Waals surface area contributed by atoms with Crippen molar-refractivity contribution in [3.63, 3.8) is 0 Å². The van der Waals surface area contributed by atoms with E-state index < -0.39 is 23.1 Å². The van der Waals surface area contributed by atoms with Crippen LogP contribution in [0.3, 0.4) is 0 Å². The van der Waals surface area contributed by atoms with Crippen molar-refractivity contribution in [1.29, 1.82) is 0 Å². The monoisotopic (exact) mass is 425 g/mol. The van der Waals surface area contributed by atoms with E-state index in [1.165, 1.54) is 48.5 Å². The zero-order chi connectivity index (χ0) is 22.3. The van der Waals surface area contributed by atoms with Crippen molar-refractivity contribution in [1.82, 2.24) is 5.32 Å². The second kappa shape index (κ2) is 10.2. The summed E-state index contributed by atoms with van der Waals surface area (Å²) in [5.74, 6) is -0.847. The van der Waals surface area contributed by atoms with Crippen LogP contribution in [-0.4, -0.2) is 24.2 Å². The Morgan fingerprint density at radius 2 is 1.39 bits per heavy atom. The number of ether oxygens (including phenoxy) is 1. The molecule has 0 aliphatic rings. The number of amides is 1. The van der Waals surface area contributed by atoms with E-state index in [9.17, 15) is 18.7 Å². The van der Waals surface area contributed by atoms with E-state index in [0.717, 1.165) is 11.3 Å². The van der Waals surface area contributed by atoms with Crippen molar-refractivity contribution in [2.75, 3.05) is 13.2 Å². The molecule has 0 unspecified atom stereocenters. The number of carbonyl (C=O) groups is 1. The maximum Gasteiger partial charge on any atom is 0.261 e. The molecule has 3 aromatic rings. The Bertz CT molecular complexity index is 941. The third-order valence-corrected chi connectivity index (χ3v) is 5.00. The highest BCUT2D eigenvalue weighted by atomic mass is 19.1. The Hall–Kier alpha value is -3.25. The molecule has 3 aromatic carbocycles. The average molecular weight is 425 g/mol. The zero-order valence-corrected chi connectivity index (χ0v) is 17.3. The minimum absolute atomic E-state index is 0.195. The number of benzene rings is 3.